The molecule has 1 fully saturated rings. The van der Waals surface area contributed by atoms with Crippen LogP contribution in [0.1, 0.15) is 18.9 Å². The average molecular weight is 240 g/mol. The Bertz CT molecular complexity index is 375. The van der Waals surface area contributed by atoms with Crippen molar-refractivity contribution in [2.45, 2.75) is 26.0 Å². The smallest absolute Gasteiger partial charge is 0.416 e. The van der Waals surface area contributed by atoms with Crippen molar-refractivity contribution in [2.24, 2.45) is 0 Å². The van der Waals surface area contributed by atoms with E-state index in [1.54, 1.807) is 6.07 Å². The molecule has 0 radical (unpaired) electrons. The number of rotatable bonds is 3. The highest BCUT2D eigenvalue weighted by atomic mass is 35.5. The van der Waals surface area contributed by atoms with E-state index in [4.69, 9.17) is 16.3 Å². The summed E-state index contributed by atoms with van der Waals surface area (Å²) in [6.07, 6.45) is 1.04. The van der Waals surface area contributed by atoms with Crippen molar-refractivity contribution in [1.82, 2.24) is 5.23 Å². The zero-order valence-corrected chi connectivity index (χ0v) is 10.00. The molecule has 16 heavy (non-hydrogen) atoms. The van der Waals surface area contributed by atoms with Crippen LogP contribution in [0.4, 0.5) is 0 Å². The van der Waals surface area contributed by atoms with E-state index in [2.05, 4.69) is 12.2 Å². The van der Waals surface area contributed by atoms with Crippen LogP contribution < -0.4 is 10.7 Å². The number of nitrogens with one attached hydrogen (secondary N) is 1. The third kappa shape index (κ3) is 2.41. The fraction of sp³-hybridized carbons (Fsp3) is 0.455. The summed E-state index contributed by atoms with van der Waals surface area (Å²) in [4.78, 5) is 0. The van der Waals surface area contributed by atoms with Crippen molar-refractivity contribution in [3.05, 3.63) is 28.8 Å². The molecular formula is C11H15BClNO2. The van der Waals surface area contributed by atoms with Crippen LogP contribution >= 0.6 is 11.6 Å². The van der Waals surface area contributed by atoms with Gasteiger partial charge in [0.2, 0.25) is 0 Å². The number of halogens is 1. The largest absolute Gasteiger partial charge is 0.416 e. The molecular weight excluding hydrogens is 224 g/mol. The van der Waals surface area contributed by atoms with Crippen LogP contribution in [-0.2, 0) is 11.3 Å². The standard InChI is InChI=1S/C11H15BClNO2/c1-2-10-7-16-12(14-10)11-4-3-9(13)5-8(11)6-15/h3-5,10,14-15H,2,6-7H2,1H3. The van der Waals surface area contributed by atoms with Crippen LogP contribution in [0.2, 0.25) is 5.02 Å². The van der Waals surface area contributed by atoms with E-state index in [9.17, 15) is 5.11 Å². The highest BCUT2D eigenvalue weighted by Gasteiger charge is 2.31. The molecule has 1 aromatic rings. The zero-order chi connectivity index (χ0) is 11.5. The van der Waals surface area contributed by atoms with Gasteiger partial charge in [-0.15, -0.1) is 0 Å². The summed E-state index contributed by atoms with van der Waals surface area (Å²) in [6.45, 7) is 2.82. The Morgan fingerprint density at radius 3 is 3.06 bits per heavy atom. The van der Waals surface area contributed by atoms with Gasteiger partial charge >= 0.3 is 7.05 Å². The first-order chi connectivity index (χ1) is 7.74. The minimum absolute atomic E-state index is 0.0196. The van der Waals surface area contributed by atoms with Gasteiger partial charge in [-0.1, -0.05) is 24.6 Å². The zero-order valence-electron chi connectivity index (χ0n) is 9.24. The number of hydrogen-bond donors (Lipinski definition) is 2. The predicted octanol–water partition coefficient (Wildman–Crippen LogP) is 0.926. The molecule has 0 aromatic heterocycles. The number of benzene rings is 1. The van der Waals surface area contributed by atoms with Gasteiger partial charge in [0, 0.05) is 17.7 Å². The Labute approximate surface area is 101 Å². The molecule has 0 saturated carbocycles. The minimum Gasteiger partial charge on any atom is -0.416 e. The van der Waals surface area contributed by atoms with Crippen molar-refractivity contribution in [3.63, 3.8) is 0 Å². The first-order valence-electron chi connectivity index (χ1n) is 5.51. The van der Waals surface area contributed by atoms with Crippen LogP contribution in [0.5, 0.6) is 0 Å². The molecule has 1 aliphatic heterocycles. The highest BCUT2D eigenvalue weighted by molar-refractivity contribution is 6.66. The SMILES string of the molecule is CCC1COB(c2ccc(Cl)cc2CO)N1. The summed E-state index contributed by atoms with van der Waals surface area (Å²) in [7, 11) is -0.121. The molecule has 1 saturated heterocycles. The van der Waals surface area contributed by atoms with Crippen molar-refractivity contribution in [1.29, 1.82) is 0 Å². The lowest BCUT2D eigenvalue weighted by molar-refractivity contribution is 0.282. The summed E-state index contributed by atoms with van der Waals surface area (Å²) in [5.41, 5.74) is 1.80. The van der Waals surface area contributed by atoms with E-state index in [0.29, 0.717) is 17.7 Å². The molecule has 86 valence electrons. The monoisotopic (exact) mass is 239 g/mol. The normalized spacial score (nSPS) is 20.4. The molecule has 1 unspecified atom stereocenters. The van der Waals surface area contributed by atoms with Gasteiger partial charge in [-0.25, -0.2) is 0 Å². The van der Waals surface area contributed by atoms with E-state index in [0.717, 1.165) is 17.4 Å². The molecule has 1 aliphatic rings. The van der Waals surface area contributed by atoms with Crippen LogP contribution in [0.3, 0.4) is 0 Å². The molecule has 2 N–H and O–H groups in total. The lowest BCUT2D eigenvalue weighted by Gasteiger charge is -2.11. The first kappa shape index (κ1) is 11.9. The molecule has 0 bridgehead atoms. The second-order valence-electron chi connectivity index (χ2n) is 3.99. The van der Waals surface area contributed by atoms with Crippen molar-refractivity contribution < 1.29 is 9.76 Å². The Morgan fingerprint density at radius 2 is 2.44 bits per heavy atom. The molecule has 3 nitrogen and oxygen atoms in total. The highest BCUT2D eigenvalue weighted by Crippen LogP contribution is 2.12. The fourth-order valence-electron chi connectivity index (χ4n) is 1.90. The van der Waals surface area contributed by atoms with Crippen LogP contribution in [0.15, 0.2) is 18.2 Å². The lowest BCUT2D eigenvalue weighted by Crippen LogP contribution is -2.45. The Morgan fingerprint density at radius 1 is 1.62 bits per heavy atom. The predicted molar refractivity (Wildman–Crippen MR) is 65.9 cm³/mol. The molecule has 5 heteroatoms. The van der Waals surface area contributed by atoms with Gasteiger partial charge in [-0.3, -0.25) is 0 Å². The van der Waals surface area contributed by atoms with Crippen LogP contribution in [0.25, 0.3) is 0 Å². The summed E-state index contributed by atoms with van der Waals surface area (Å²) in [5, 5.41) is 13.3. The summed E-state index contributed by atoms with van der Waals surface area (Å²) >= 11 is 5.89. The maximum atomic E-state index is 9.28. The maximum absolute atomic E-state index is 9.28. The molecule has 1 atom stereocenters. The Kier molecular flexibility index (Phi) is 3.87. The second kappa shape index (κ2) is 5.19. The number of aliphatic hydroxyl groups excluding tert-OH is 1. The van der Waals surface area contributed by atoms with Gasteiger partial charge in [0.05, 0.1) is 6.61 Å². The minimum atomic E-state index is -0.121. The number of hydrogen-bond acceptors (Lipinski definition) is 3. The van der Waals surface area contributed by atoms with Crippen molar-refractivity contribution >= 4 is 24.1 Å². The van der Waals surface area contributed by atoms with Gasteiger partial charge < -0.3 is 15.0 Å². The molecule has 0 amide bonds. The summed E-state index contributed by atoms with van der Waals surface area (Å²) in [5.74, 6) is 0. The fourth-order valence-corrected chi connectivity index (χ4v) is 2.10. The van der Waals surface area contributed by atoms with E-state index >= 15 is 0 Å². The summed E-state index contributed by atoms with van der Waals surface area (Å²) in [6, 6.07) is 5.90. The van der Waals surface area contributed by atoms with Gasteiger partial charge in [-0.05, 0) is 29.6 Å². The summed E-state index contributed by atoms with van der Waals surface area (Å²) < 4.78 is 5.66. The van der Waals surface area contributed by atoms with Crippen molar-refractivity contribution in [3.8, 4) is 0 Å². The van der Waals surface area contributed by atoms with Crippen molar-refractivity contribution in [2.75, 3.05) is 6.61 Å². The quantitative estimate of drug-likeness (QED) is 0.771. The topological polar surface area (TPSA) is 41.5 Å². The van der Waals surface area contributed by atoms with E-state index in [1.807, 2.05) is 12.1 Å². The molecule has 1 aromatic carbocycles. The molecule has 2 rings (SSSR count). The number of aliphatic hydroxyl groups is 1. The van der Waals surface area contributed by atoms with Crippen LogP contribution in [0, 0.1) is 0 Å². The van der Waals surface area contributed by atoms with Gasteiger partial charge in [0.1, 0.15) is 0 Å². The van der Waals surface area contributed by atoms with Gasteiger partial charge in [0.15, 0.2) is 0 Å². The van der Waals surface area contributed by atoms with E-state index in [-0.39, 0.29) is 13.7 Å². The van der Waals surface area contributed by atoms with Gasteiger partial charge in [0.25, 0.3) is 0 Å². The first-order valence-corrected chi connectivity index (χ1v) is 5.89. The lowest BCUT2D eigenvalue weighted by atomic mass is 9.71. The second-order valence-corrected chi connectivity index (χ2v) is 4.42. The van der Waals surface area contributed by atoms with E-state index < -0.39 is 0 Å². The Balaban J connectivity index is 2.20. The molecule has 1 heterocycles. The van der Waals surface area contributed by atoms with Crippen LogP contribution in [-0.4, -0.2) is 24.8 Å². The average Bonchev–Trinajstić information content (AvgIpc) is 2.77. The Hall–Kier alpha value is -0.545. The third-order valence-electron chi connectivity index (χ3n) is 2.90. The maximum Gasteiger partial charge on any atom is 0.416 e. The van der Waals surface area contributed by atoms with Gasteiger partial charge in [-0.2, -0.15) is 0 Å². The van der Waals surface area contributed by atoms with E-state index in [1.165, 1.54) is 0 Å². The molecule has 0 aliphatic carbocycles. The molecule has 0 spiro atoms. The third-order valence-corrected chi connectivity index (χ3v) is 3.14.